The summed E-state index contributed by atoms with van der Waals surface area (Å²) in [6.07, 6.45) is 0.715. The molecule has 0 bridgehead atoms. The average molecular weight is 202 g/mol. The first kappa shape index (κ1) is 12.3. The minimum absolute atomic E-state index is 0.625. The Labute approximate surface area is 63.6 Å². The molecule has 0 aliphatic carbocycles. The van der Waals surface area contributed by atoms with Gasteiger partial charge in [-0.3, -0.25) is 4.55 Å². The van der Waals surface area contributed by atoms with Crippen LogP contribution in [-0.2, 0) is 10.1 Å². The third kappa shape index (κ3) is 151. The standard InChI is InChI=1S/CH4O3S.CH10Si3/c1-5(2,3)4;1-3-4-2/h1H3,(H,2,3,4);3-4H2,1-2H3. The van der Waals surface area contributed by atoms with Crippen LogP contribution in [0.25, 0.3) is 0 Å². The van der Waals surface area contributed by atoms with E-state index in [9.17, 15) is 8.42 Å². The van der Waals surface area contributed by atoms with Gasteiger partial charge in [0.25, 0.3) is 10.1 Å². The zero-order chi connectivity index (χ0) is 7.91. The Balaban J connectivity index is 0. The van der Waals surface area contributed by atoms with Crippen LogP contribution in [0.5, 0.6) is 0 Å². The second-order valence-corrected chi connectivity index (χ2v) is 20.2. The van der Waals surface area contributed by atoms with Gasteiger partial charge in [0.05, 0.1) is 6.26 Å². The largest absolute Gasteiger partial charge is 0.286 e. The van der Waals surface area contributed by atoms with Crippen molar-refractivity contribution in [3.05, 3.63) is 0 Å². The molecule has 0 aromatic heterocycles. The normalized spacial score (nSPS) is 12.8. The van der Waals surface area contributed by atoms with Gasteiger partial charge in [0.2, 0.25) is 0 Å². The third-order valence-corrected chi connectivity index (χ3v) is 13.5. The molecule has 0 aromatic rings. The van der Waals surface area contributed by atoms with Crippen LogP contribution in [0, 0.1) is 0 Å². The highest BCUT2D eigenvalue weighted by molar-refractivity contribution is 7.85. The molecule has 0 heterocycles. The molecule has 1 N–H and O–H groups in total. The van der Waals surface area contributed by atoms with Gasteiger partial charge in [0, 0.05) is 9.04 Å². The highest BCUT2D eigenvalue weighted by Crippen LogP contribution is 1.60. The first-order valence-corrected chi connectivity index (χ1v) is 15.8. The van der Waals surface area contributed by atoms with E-state index in [1.54, 1.807) is 9.76 Å². The van der Waals surface area contributed by atoms with Crippen molar-refractivity contribution in [2.75, 3.05) is 6.26 Å². The lowest BCUT2D eigenvalue weighted by atomic mass is 11.9. The molecule has 0 fully saturated rings. The molecular formula is C2H14O3SSi3. The number of hydrogen-bond donors (Lipinski definition) is 1. The summed E-state index contributed by atoms with van der Waals surface area (Å²) in [6, 6.07) is 0. The van der Waals surface area contributed by atoms with E-state index in [-0.39, 0.29) is 0 Å². The highest BCUT2D eigenvalue weighted by Gasteiger charge is 1.81. The molecule has 58 valence electrons. The van der Waals surface area contributed by atoms with E-state index >= 15 is 0 Å². The lowest BCUT2D eigenvalue weighted by Crippen LogP contribution is -1.94. The van der Waals surface area contributed by atoms with E-state index in [2.05, 4.69) is 6.55 Å². The first-order chi connectivity index (χ1) is 3.91. The lowest BCUT2D eigenvalue weighted by Gasteiger charge is -1.69. The molecule has 7 heteroatoms. The van der Waals surface area contributed by atoms with Gasteiger partial charge in [0.15, 0.2) is 0 Å². The fourth-order valence-corrected chi connectivity index (χ4v) is 0. The van der Waals surface area contributed by atoms with Gasteiger partial charge in [-0.2, -0.15) is 8.42 Å². The second kappa shape index (κ2) is 6.68. The zero-order valence-corrected chi connectivity index (χ0v) is 11.7. The van der Waals surface area contributed by atoms with Crippen molar-refractivity contribution in [2.45, 2.75) is 6.55 Å². The Kier molecular flexibility index (Phi) is 9.09. The van der Waals surface area contributed by atoms with Crippen LogP contribution in [0.2, 0.25) is 6.55 Å². The summed E-state index contributed by atoms with van der Waals surface area (Å²) in [7, 11) is -0.749. The van der Waals surface area contributed by atoms with E-state index in [1.165, 1.54) is 0 Å². The molecule has 0 rings (SSSR count). The fourth-order valence-electron chi connectivity index (χ4n) is 0. The molecule has 0 saturated heterocycles. The van der Waals surface area contributed by atoms with Gasteiger partial charge >= 0.3 is 0 Å². The summed E-state index contributed by atoms with van der Waals surface area (Å²) in [5, 5.41) is 0. The summed E-state index contributed by atoms with van der Waals surface area (Å²) in [5.41, 5.74) is 0. The van der Waals surface area contributed by atoms with Gasteiger partial charge in [-0.15, -0.1) is 0 Å². The van der Waals surface area contributed by atoms with E-state index in [0.717, 1.165) is 0 Å². The minimum atomic E-state index is -3.67. The Bertz CT molecular complexity index is 120. The topological polar surface area (TPSA) is 54.4 Å². The second-order valence-electron chi connectivity index (χ2n) is 1.73. The SMILES string of the molecule is CS(=O)(=O)O.C[SiH2][SiH2][SiH3]. The molecule has 0 atom stereocenters. The smallest absolute Gasteiger partial charge is 0.261 e. The Hall–Kier alpha value is 0.561. The Morgan fingerprint density at radius 1 is 1.56 bits per heavy atom. The van der Waals surface area contributed by atoms with Crippen molar-refractivity contribution >= 4 is 37.5 Å². The van der Waals surface area contributed by atoms with Crippen LogP contribution >= 0.6 is 0 Å². The van der Waals surface area contributed by atoms with Gasteiger partial charge in [-0.25, -0.2) is 0 Å². The van der Waals surface area contributed by atoms with Crippen molar-refractivity contribution < 1.29 is 13.0 Å². The molecule has 0 aromatic carbocycles. The van der Waals surface area contributed by atoms with Gasteiger partial charge in [-0.05, 0) is 18.3 Å². The molecule has 3 nitrogen and oxygen atoms in total. The maximum absolute atomic E-state index is 9.19. The average Bonchev–Trinajstić information content (AvgIpc) is 1.61. The third-order valence-electron chi connectivity index (χ3n) is 0.500. The van der Waals surface area contributed by atoms with Crippen molar-refractivity contribution in [3.8, 4) is 0 Å². The van der Waals surface area contributed by atoms with E-state index in [1.807, 2.05) is 0 Å². The maximum Gasteiger partial charge on any atom is 0.261 e. The van der Waals surface area contributed by atoms with Crippen LogP contribution in [0.1, 0.15) is 0 Å². The minimum Gasteiger partial charge on any atom is -0.286 e. The number of hydrogen-bond acceptors (Lipinski definition) is 2. The molecule has 9 heavy (non-hydrogen) atoms. The highest BCUT2D eigenvalue weighted by atomic mass is 32.2. The van der Waals surface area contributed by atoms with Crippen LogP contribution < -0.4 is 0 Å². The lowest BCUT2D eigenvalue weighted by molar-refractivity contribution is 0.490. The van der Waals surface area contributed by atoms with Crippen molar-refractivity contribution in [1.29, 1.82) is 0 Å². The Morgan fingerprint density at radius 2 is 1.67 bits per heavy atom. The van der Waals surface area contributed by atoms with Crippen LogP contribution in [-0.4, -0.2) is 46.6 Å². The molecule has 0 aliphatic rings. The number of rotatable bonds is 1. The molecule has 0 unspecified atom stereocenters. The van der Waals surface area contributed by atoms with Crippen LogP contribution in [0.3, 0.4) is 0 Å². The van der Waals surface area contributed by atoms with Gasteiger partial charge < -0.3 is 0 Å². The summed E-state index contributed by atoms with van der Waals surface area (Å²) in [4.78, 5) is 0. The molecular weight excluding hydrogens is 188 g/mol. The molecule has 0 saturated carbocycles. The monoisotopic (exact) mass is 202 g/mol. The quantitative estimate of drug-likeness (QED) is 0.366. The zero-order valence-electron chi connectivity index (χ0n) is 6.09. The molecule has 0 spiro atoms. The van der Waals surface area contributed by atoms with Crippen molar-refractivity contribution in [3.63, 3.8) is 0 Å². The van der Waals surface area contributed by atoms with Gasteiger partial charge in [0.1, 0.15) is 0 Å². The summed E-state index contributed by atoms with van der Waals surface area (Å²) in [5.74, 6) is 0. The maximum atomic E-state index is 9.19. The fraction of sp³-hybridized carbons (Fsp3) is 1.00. The predicted octanol–water partition coefficient (Wildman–Crippen LogP) is -2.93. The van der Waals surface area contributed by atoms with Crippen LogP contribution in [0.15, 0.2) is 0 Å². The van der Waals surface area contributed by atoms with Crippen molar-refractivity contribution in [2.24, 2.45) is 0 Å². The molecule has 0 aliphatic heterocycles. The first-order valence-electron chi connectivity index (χ1n) is 2.84. The molecule has 0 radical (unpaired) electrons. The predicted molar refractivity (Wildman–Crippen MR) is 50.4 cm³/mol. The van der Waals surface area contributed by atoms with Gasteiger partial charge in [-0.1, -0.05) is 6.55 Å². The van der Waals surface area contributed by atoms with Crippen molar-refractivity contribution in [1.82, 2.24) is 0 Å². The van der Waals surface area contributed by atoms with E-state index < -0.39 is 10.1 Å². The van der Waals surface area contributed by atoms with E-state index in [4.69, 9.17) is 4.55 Å². The summed E-state index contributed by atoms with van der Waals surface area (Å²) >= 11 is 0. The van der Waals surface area contributed by atoms with E-state index in [0.29, 0.717) is 23.8 Å². The Morgan fingerprint density at radius 3 is 1.67 bits per heavy atom. The molecule has 0 amide bonds. The summed E-state index contributed by atoms with van der Waals surface area (Å²) in [6.45, 7) is 2.42. The summed E-state index contributed by atoms with van der Waals surface area (Å²) < 4.78 is 25.9. The van der Waals surface area contributed by atoms with Crippen LogP contribution in [0.4, 0.5) is 0 Å².